The SMILES string of the molecule is CN(C)c1nc(N)c2c(Cl)cccc2n1. The van der Waals surface area contributed by atoms with Crippen LogP contribution in [0.5, 0.6) is 0 Å². The molecule has 0 unspecified atom stereocenters. The van der Waals surface area contributed by atoms with Gasteiger partial charge in [-0.3, -0.25) is 0 Å². The van der Waals surface area contributed by atoms with Crippen molar-refractivity contribution in [3.05, 3.63) is 23.2 Å². The van der Waals surface area contributed by atoms with Crippen molar-refractivity contribution in [1.82, 2.24) is 9.97 Å². The van der Waals surface area contributed by atoms with Crippen molar-refractivity contribution in [1.29, 1.82) is 0 Å². The molecule has 2 N–H and O–H groups in total. The monoisotopic (exact) mass is 222 g/mol. The number of benzene rings is 1. The molecule has 0 fully saturated rings. The minimum Gasteiger partial charge on any atom is -0.383 e. The zero-order valence-corrected chi connectivity index (χ0v) is 9.28. The summed E-state index contributed by atoms with van der Waals surface area (Å²) in [6.45, 7) is 0. The zero-order valence-electron chi connectivity index (χ0n) is 8.53. The van der Waals surface area contributed by atoms with Gasteiger partial charge in [0.2, 0.25) is 5.95 Å². The lowest BCUT2D eigenvalue weighted by molar-refractivity contribution is 1.02. The maximum absolute atomic E-state index is 6.02. The van der Waals surface area contributed by atoms with Crippen LogP contribution in [0.15, 0.2) is 18.2 Å². The molecule has 1 aromatic heterocycles. The predicted molar refractivity (Wildman–Crippen MR) is 63.3 cm³/mol. The predicted octanol–water partition coefficient (Wildman–Crippen LogP) is 1.93. The third kappa shape index (κ3) is 1.68. The normalized spacial score (nSPS) is 10.6. The summed E-state index contributed by atoms with van der Waals surface area (Å²) < 4.78 is 0. The van der Waals surface area contributed by atoms with E-state index < -0.39 is 0 Å². The summed E-state index contributed by atoms with van der Waals surface area (Å²) in [7, 11) is 3.73. The Kier molecular flexibility index (Phi) is 2.36. The molecule has 15 heavy (non-hydrogen) atoms. The Balaban J connectivity index is 2.78. The first kappa shape index (κ1) is 9.98. The molecule has 2 aromatic rings. The summed E-state index contributed by atoms with van der Waals surface area (Å²) in [4.78, 5) is 10.3. The highest BCUT2D eigenvalue weighted by Crippen LogP contribution is 2.27. The maximum Gasteiger partial charge on any atom is 0.227 e. The highest BCUT2D eigenvalue weighted by molar-refractivity contribution is 6.36. The van der Waals surface area contributed by atoms with Crippen LogP contribution in [0.3, 0.4) is 0 Å². The molecule has 0 aliphatic carbocycles. The van der Waals surface area contributed by atoms with E-state index in [2.05, 4.69) is 9.97 Å². The Morgan fingerprint density at radius 3 is 2.67 bits per heavy atom. The van der Waals surface area contributed by atoms with Crippen molar-refractivity contribution in [2.45, 2.75) is 0 Å². The third-order valence-electron chi connectivity index (χ3n) is 2.09. The second-order valence-corrected chi connectivity index (χ2v) is 3.84. The second-order valence-electron chi connectivity index (χ2n) is 3.44. The van der Waals surface area contributed by atoms with Crippen molar-refractivity contribution >= 4 is 34.3 Å². The van der Waals surface area contributed by atoms with Crippen molar-refractivity contribution < 1.29 is 0 Å². The van der Waals surface area contributed by atoms with Gasteiger partial charge in [0.15, 0.2) is 0 Å². The van der Waals surface area contributed by atoms with Crippen LogP contribution in [-0.4, -0.2) is 24.1 Å². The van der Waals surface area contributed by atoms with E-state index in [1.807, 2.05) is 26.2 Å². The van der Waals surface area contributed by atoms with Crippen LogP contribution >= 0.6 is 11.6 Å². The lowest BCUT2D eigenvalue weighted by Crippen LogP contribution is -2.13. The smallest absolute Gasteiger partial charge is 0.227 e. The van der Waals surface area contributed by atoms with Crippen molar-refractivity contribution in [3.63, 3.8) is 0 Å². The van der Waals surface area contributed by atoms with Crippen molar-refractivity contribution in [2.24, 2.45) is 0 Å². The fourth-order valence-electron chi connectivity index (χ4n) is 1.36. The van der Waals surface area contributed by atoms with Crippen LogP contribution < -0.4 is 10.6 Å². The Hall–Kier alpha value is -1.55. The number of rotatable bonds is 1. The van der Waals surface area contributed by atoms with Crippen LogP contribution in [0.4, 0.5) is 11.8 Å². The van der Waals surface area contributed by atoms with Crippen LogP contribution in [0, 0.1) is 0 Å². The second kappa shape index (κ2) is 3.55. The van der Waals surface area contributed by atoms with Crippen LogP contribution in [0.2, 0.25) is 5.02 Å². The van der Waals surface area contributed by atoms with E-state index in [9.17, 15) is 0 Å². The van der Waals surface area contributed by atoms with E-state index in [0.717, 1.165) is 5.52 Å². The van der Waals surface area contributed by atoms with Crippen LogP contribution in [0.25, 0.3) is 10.9 Å². The average Bonchev–Trinajstić information content (AvgIpc) is 2.17. The standard InChI is InChI=1S/C10H11ClN4/c1-15(2)10-13-7-5-3-4-6(11)8(7)9(12)14-10/h3-5H,1-2H3,(H2,12,13,14). The number of halogens is 1. The fourth-order valence-corrected chi connectivity index (χ4v) is 1.62. The largest absolute Gasteiger partial charge is 0.383 e. The molecular formula is C10H11ClN4. The molecule has 0 amide bonds. The Morgan fingerprint density at radius 1 is 1.27 bits per heavy atom. The van der Waals surface area contributed by atoms with Gasteiger partial charge in [0.25, 0.3) is 0 Å². The Labute approximate surface area is 92.7 Å². The molecule has 0 saturated heterocycles. The molecular weight excluding hydrogens is 212 g/mol. The fraction of sp³-hybridized carbons (Fsp3) is 0.200. The lowest BCUT2D eigenvalue weighted by Gasteiger charge is -2.12. The molecule has 1 aromatic carbocycles. The van der Waals surface area contributed by atoms with Gasteiger partial charge in [-0.1, -0.05) is 17.7 Å². The van der Waals surface area contributed by atoms with E-state index in [0.29, 0.717) is 22.2 Å². The van der Waals surface area contributed by atoms with Gasteiger partial charge >= 0.3 is 0 Å². The minimum atomic E-state index is 0.411. The van der Waals surface area contributed by atoms with E-state index in [1.54, 1.807) is 11.0 Å². The van der Waals surface area contributed by atoms with Crippen LogP contribution in [-0.2, 0) is 0 Å². The lowest BCUT2D eigenvalue weighted by atomic mass is 10.2. The summed E-state index contributed by atoms with van der Waals surface area (Å²) in [6.07, 6.45) is 0. The van der Waals surface area contributed by atoms with E-state index in [4.69, 9.17) is 17.3 Å². The molecule has 0 spiro atoms. The third-order valence-corrected chi connectivity index (χ3v) is 2.40. The van der Waals surface area contributed by atoms with Crippen molar-refractivity contribution in [2.75, 3.05) is 24.7 Å². The Morgan fingerprint density at radius 2 is 2.00 bits per heavy atom. The summed E-state index contributed by atoms with van der Waals surface area (Å²) in [5, 5.41) is 1.29. The van der Waals surface area contributed by atoms with E-state index in [1.165, 1.54) is 0 Å². The van der Waals surface area contributed by atoms with E-state index in [-0.39, 0.29) is 0 Å². The number of hydrogen-bond acceptors (Lipinski definition) is 4. The topological polar surface area (TPSA) is 55.0 Å². The summed E-state index contributed by atoms with van der Waals surface area (Å²) >= 11 is 6.02. The molecule has 0 saturated carbocycles. The number of aromatic nitrogens is 2. The van der Waals surface area contributed by atoms with Gasteiger partial charge in [0.05, 0.1) is 15.9 Å². The summed E-state index contributed by atoms with van der Waals surface area (Å²) in [5.41, 5.74) is 6.60. The Bertz CT molecular complexity index is 510. The number of nitrogens with zero attached hydrogens (tertiary/aromatic N) is 3. The quantitative estimate of drug-likeness (QED) is 0.801. The number of fused-ring (bicyclic) bond motifs is 1. The summed E-state index contributed by atoms with van der Waals surface area (Å²) in [5.74, 6) is 0.997. The molecule has 0 aliphatic rings. The number of nitrogens with two attached hydrogens (primary N) is 1. The number of nitrogen functional groups attached to an aromatic ring is 1. The van der Waals surface area contributed by atoms with Gasteiger partial charge in [-0.05, 0) is 12.1 Å². The average molecular weight is 223 g/mol. The molecule has 1 heterocycles. The van der Waals surface area contributed by atoms with Gasteiger partial charge in [-0.25, -0.2) is 4.98 Å². The maximum atomic E-state index is 6.02. The van der Waals surface area contributed by atoms with Gasteiger partial charge in [-0.2, -0.15) is 4.98 Å². The zero-order chi connectivity index (χ0) is 11.0. The molecule has 5 heteroatoms. The summed E-state index contributed by atoms with van der Waals surface area (Å²) in [6, 6.07) is 5.49. The minimum absolute atomic E-state index is 0.411. The number of anilines is 2. The first-order valence-electron chi connectivity index (χ1n) is 4.48. The van der Waals surface area contributed by atoms with Gasteiger partial charge in [0, 0.05) is 14.1 Å². The number of hydrogen-bond donors (Lipinski definition) is 1. The molecule has 0 bridgehead atoms. The van der Waals surface area contributed by atoms with Gasteiger partial charge in [-0.15, -0.1) is 0 Å². The highest BCUT2D eigenvalue weighted by atomic mass is 35.5. The molecule has 78 valence electrons. The molecule has 2 rings (SSSR count). The van der Waals surface area contributed by atoms with Gasteiger partial charge in [0.1, 0.15) is 5.82 Å². The molecule has 0 aliphatic heterocycles. The highest BCUT2D eigenvalue weighted by Gasteiger charge is 2.08. The first-order chi connectivity index (χ1) is 7.09. The first-order valence-corrected chi connectivity index (χ1v) is 4.86. The molecule has 4 nitrogen and oxygen atoms in total. The van der Waals surface area contributed by atoms with Gasteiger partial charge < -0.3 is 10.6 Å². The van der Waals surface area contributed by atoms with E-state index >= 15 is 0 Å². The molecule has 0 radical (unpaired) electrons. The van der Waals surface area contributed by atoms with Crippen molar-refractivity contribution in [3.8, 4) is 0 Å². The molecule has 0 atom stereocenters. The van der Waals surface area contributed by atoms with Crippen LogP contribution in [0.1, 0.15) is 0 Å².